The van der Waals surface area contributed by atoms with Gasteiger partial charge < -0.3 is 14.4 Å². The van der Waals surface area contributed by atoms with Crippen LogP contribution in [0.2, 0.25) is 0 Å². The molecule has 3 aromatic carbocycles. The molecule has 0 unspecified atom stereocenters. The molecule has 0 bridgehead atoms. The highest BCUT2D eigenvalue weighted by molar-refractivity contribution is 7.92. The number of hydrogen-bond donors (Lipinski definition) is 2. The molecule has 40 heavy (non-hydrogen) atoms. The van der Waals surface area contributed by atoms with Gasteiger partial charge in [0.2, 0.25) is 9.84 Å². The van der Waals surface area contributed by atoms with Crippen molar-refractivity contribution in [3.63, 3.8) is 0 Å². The highest BCUT2D eigenvalue weighted by Gasteiger charge is 2.31. The number of aromatic amines is 2. The van der Waals surface area contributed by atoms with E-state index in [-0.39, 0.29) is 9.79 Å². The summed E-state index contributed by atoms with van der Waals surface area (Å²) in [5, 5.41) is 2.04. The summed E-state index contributed by atoms with van der Waals surface area (Å²) in [5.74, 6) is 0. The van der Waals surface area contributed by atoms with Gasteiger partial charge in [-0.3, -0.25) is 0 Å². The van der Waals surface area contributed by atoms with Crippen molar-refractivity contribution in [2.45, 2.75) is 23.6 Å². The fourth-order valence-corrected chi connectivity index (χ4v) is 6.50. The first kappa shape index (κ1) is 25.1. The van der Waals surface area contributed by atoms with Crippen molar-refractivity contribution in [3.05, 3.63) is 100.0 Å². The first-order chi connectivity index (χ1) is 19.4. The van der Waals surface area contributed by atoms with Crippen LogP contribution in [0.25, 0.3) is 55.3 Å². The van der Waals surface area contributed by atoms with Crippen LogP contribution in [0.4, 0.5) is 0 Å². The van der Waals surface area contributed by atoms with E-state index in [2.05, 4.69) is 24.9 Å². The van der Waals surface area contributed by atoms with Gasteiger partial charge in [-0.2, -0.15) is 15.0 Å². The van der Waals surface area contributed by atoms with Crippen molar-refractivity contribution in [2.75, 3.05) is 0 Å². The number of sulfone groups is 1. The molecular weight excluding hydrogens is 530 g/mol. The Labute approximate surface area is 226 Å². The molecule has 0 radical (unpaired) electrons. The number of H-pyrrole nitrogens is 2. The zero-order valence-electron chi connectivity index (χ0n) is 21.3. The summed E-state index contributed by atoms with van der Waals surface area (Å²) in [6.45, 7) is 4.00. The number of aromatic nitrogens is 5. The molecular formula is C29H21N5O5S. The van der Waals surface area contributed by atoms with E-state index in [1.54, 1.807) is 42.6 Å². The Morgan fingerprint density at radius 1 is 0.750 bits per heavy atom. The largest absolute Gasteiger partial charge is 0.456 e. The Morgan fingerprint density at radius 2 is 1.50 bits per heavy atom. The summed E-state index contributed by atoms with van der Waals surface area (Å²) in [5.41, 5.74) is 2.88. The van der Waals surface area contributed by atoms with Gasteiger partial charge in [-0.15, -0.1) is 0 Å². The maximum Gasteiger partial charge on any atom is 0.369 e. The predicted molar refractivity (Wildman–Crippen MR) is 152 cm³/mol. The normalized spacial score (nSPS) is 12.8. The lowest BCUT2D eigenvalue weighted by Crippen LogP contribution is -2.17. The lowest BCUT2D eigenvalue weighted by atomic mass is 10.1. The van der Waals surface area contributed by atoms with E-state index in [0.29, 0.717) is 44.5 Å². The van der Waals surface area contributed by atoms with Crippen molar-refractivity contribution in [1.29, 1.82) is 0 Å². The second-order valence-corrected chi connectivity index (χ2v) is 10.5. The van der Waals surface area contributed by atoms with Crippen LogP contribution in [-0.4, -0.2) is 33.3 Å². The minimum atomic E-state index is -3.58. The minimum Gasteiger partial charge on any atom is -0.456 e. The monoisotopic (exact) mass is 551 g/mol. The summed E-state index contributed by atoms with van der Waals surface area (Å²) < 4.78 is 31.1. The molecule has 5 heterocycles. The minimum absolute atomic E-state index is 0.187. The molecule has 1 aliphatic heterocycles. The zero-order chi connectivity index (χ0) is 28.0. The summed E-state index contributed by atoms with van der Waals surface area (Å²) in [6.07, 6.45) is 1.70. The number of para-hydroxylation sites is 1. The van der Waals surface area contributed by atoms with Gasteiger partial charge in [-0.05, 0) is 36.4 Å². The van der Waals surface area contributed by atoms with E-state index in [1.165, 1.54) is 12.1 Å². The van der Waals surface area contributed by atoms with Crippen LogP contribution in [0.1, 0.15) is 13.8 Å². The predicted octanol–water partition coefficient (Wildman–Crippen LogP) is 4.98. The second kappa shape index (κ2) is 9.54. The third-order valence-electron chi connectivity index (χ3n) is 6.39. The first-order valence-corrected chi connectivity index (χ1v) is 13.9. The van der Waals surface area contributed by atoms with Gasteiger partial charge in [0, 0.05) is 22.5 Å². The van der Waals surface area contributed by atoms with Crippen molar-refractivity contribution in [1.82, 2.24) is 24.9 Å². The van der Waals surface area contributed by atoms with E-state index in [1.807, 2.05) is 38.1 Å². The molecule has 7 aromatic rings. The Kier molecular flexibility index (Phi) is 6.00. The molecule has 0 fully saturated rings. The van der Waals surface area contributed by atoms with Crippen molar-refractivity contribution < 1.29 is 12.8 Å². The zero-order valence-corrected chi connectivity index (χ0v) is 22.1. The first-order valence-electron chi connectivity index (χ1n) is 12.5. The van der Waals surface area contributed by atoms with Crippen LogP contribution in [0, 0.1) is 0 Å². The molecule has 10 nitrogen and oxygen atoms in total. The molecule has 0 saturated carbocycles. The average Bonchev–Trinajstić information content (AvgIpc) is 2.97. The van der Waals surface area contributed by atoms with Gasteiger partial charge in [-0.1, -0.05) is 50.2 Å². The Morgan fingerprint density at radius 3 is 2.35 bits per heavy atom. The van der Waals surface area contributed by atoms with Crippen LogP contribution in [-0.2, 0) is 9.84 Å². The van der Waals surface area contributed by atoms with E-state index < -0.39 is 21.2 Å². The lowest BCUT2D eigenvalue weighted by molar-refractivity contribution is 0.596. The van der Waals surface area contributed by atoms with Crippen LogP contribution >= 0.6 is 0 Å². The van der Waals surface area contributed by atoms with E-state index in [0.717, 1.165) is 10.8 Å². The molecule has 1 aliphatic rings. The standard InChI is InChI=1S/C14H8N2O3S.C13H7N3O2.C2H6/c17-14-15-9-5-3-7-11-12(9)13(16-14)8-4-1-2-6-10(8)20(11,18)19;17-13-15-11-7-3-1-2-4-8(7)18-9-5-6-14-12(16-13)10(9)11;1-2/h1-7H,(H,15,16,17);1-6H,(H,14,15,16,17);1-2H3. The average molecular weight is 552 g/mol. The van der Waals surface area contributed by atoms with Gasteiger partial charge >= 0.3 is 11.4 Å². The van der Waals surface area contributed by atoms with Crippen LogP contribution < -0.4 is 11.4 Å². The third kappa shape index (κ3) is 3.86. The fraction of sp³-hybridized carbons (Fsp3) is 0.0690. The number of hydrogen-bond acceptors (Lipinski definition) is 8. The van der Waals surface area contributed by atoms with Crippen LogP contribution in [0.5, 0.6) is 0 Å². The molecule has 198 valence electrons. The fourth-order valence-electron chi connectivity index (χ4n) is 4.82. The van der Waals surface area contributed by atoms with Crippen LogP contribution in [0.3, 0.4) is 0 Å². The molecule has 0 atom stereocenters. The van der Waals surface area contributed by atoms with Gasteiger partial charge in [0.25, 0.3) is 0 Å². The number of nitrogens with one attached hydrogen (secondary N) is 2. The number of fused-ring (bicyclic) bond motifs is 4. The number of benzene rings is 3. The van der Waals surface area contributed by atoms with Gasteiger partial charge in [0.1, 0.15) is 16.8 Å². The van der Waals surface area contributed by atoms with Crippen molar-refractivity contribution in [2.24, 2.45) is 0 Å². The highest BCUT2D eigenvalue weighted by atomic mass is 32.2. The summed E-state index contributed by atoms with van der Waals surface area (Å²) >= 11 is 0. The molecule has 2 N–H and O–H groups in total. The third-order valence-corrected chi connectivity index (χ3v) is 8.25. The molecule has 0 amide bonds. The number of pyridine rings is 1. The summed E-state index contributed by atoms with van der Waals surface area (Å²) in [7, 11) is -3.58. The molecule has 8 rings (SSSR count). The highest BCUT2D eigenvalue weighted by Crippen LogP contribution is 2.41. The van der Waals surface area contributed by atoms with Gasteiger partial charge in [0.15, 0.2) is 0 Å². The Balaban J connectivity index is 0.000000137. The topological polar surface area (TPSA) is 152 Å². The molecule has 4 aromatic heterocycles. The maximum atomic E-state index is 12.6. The van der Waals surface area contributed by atoms with E-state index in [4.69, 9.17) is 4.42 Å². The Bertz CT molecular complexity index is 2320. The summed E-state index contributed by atoms with van der Waals surface area (Å²) in [6, 6.07) is 20.7. The van der Waals surface area contributed by atoms with E-state index >= 15 is 0 Å². The smallest absolute Gasteiger partial charge is 0.369 e. The van der Waals surface area contributed by atoms with Crippen LogP contribution in [0.15, 0.2) is 103 Å². The quantitative estimate of drug-likeness (QED) is 0.198. The number of rotatable bonds is 0. The molecule has 11 heteroatoms. The SMILES string of the molecule is CC.O=c1nc2[nH]ccc3oc4ccccc4c(n1)c23.O=c1nc2c3c(cccc3[nH]1)S(=O)(=O)c1ccccc1-2. The molecule has 0 spiro atoms. The van der Waals surface area contributed by atoms with Crippen molar-refractivity contribution in [3.8, 4) is 11.3 Å². The maximum absolute atomic E-state index is 12.6. The molecule has 0 aliphatic carbocycles. The van der Waals surface area contributed by atoms with Gasteiger partial charge in [-0.25, -0.2) is 18.0 Å². The molecule has 0 saturated heterocycles. The summed E-state index contributed by atoms with van der Waals surface area (Å²) in [4.78, 5) is 40.9. The van der Waals surface area contributed by atoms with Gasteiger partial charge in [0.05, 0.1) is 31.9 Å². The van der Waals surface area contributed by atoms with Crippen molar-refractivity contribution >= 4 is 53.8 Å². The Hall–Kier alpha value is -5.16. The second-order valence-electron chi connectivity index (χ2n) is 8.59. The lowest BCUT2D eigenvalue weighted by Gasteiger charge is -2.19. The van der Waals surface area contributed by atoms with E-state index in [9.17, 15) is 18.0 Å². The number of nitrogens with zero attached hydrogens (tertiary/aromatic N) is 3.